The standard InChI is InChI=1S/C25H23ClN2O4/c1-3-28-24(29)21(27-25(28)30)13-16-12-20(26)23(22(14-16)31-4-2)32-15-18-10-7-9-17-8-5-6-11-19(17)18/h5-14H,3-4,15H2,1-2H3,(H,27,30)/b21-13+. The van der Waals surface area contributed by atoms with Crippen molar-refractivity contribution < 1.29 is 19.1 Å². The molecule has 32 heavy (non-hydrogen) atoms. The van der Waals surface area contributed by atoms with Gasteiger partial charge in [0.15, 0.2) is 11.5 Å². The lowest BCUT2D eigenvalue weighted by Gasteiger charge is -2.15. The minimum atomic E-state index is -0.435. The second-order valence-electron chi connectivity index (χ2n) is 7.23. The van der Waals surface area contributed by atoms with E-state index in [-0.39, 0.29) is 11.6 Å². The Morgan fingerprint density at radius 3 is 2.56 bits per heavy atom. The summed E-state index contributed by atoms with van der Waals surface area (Å²) >= 11 is 6.54. The van der Waals surface area contributed by atoms with E-state index >= 15 is 0 Å². The average molecular weight is 451 g/mol. The number of fused-ring (bicyclic) bond motifs is 1. The van der Waals surface area contributed by atoms with E-state index < -0.39 is 6.03 Å². The number of urea groups is 1. The van der Waals surface area contributed by atoms with Gasteiger partial charge < -0.3 is 14.8 Å². The minimum Gasteiger partial charge on any atom is -0.490 e. The molecule has 3 aromatic carbocycles. The van der Waals surface area contributed by atoms with Gasteiger partial charge in [-0.15, -0.1) is 0 Å². The fraction of sp³-hybridized carbons (Fsp3) is 0.200. The molecule has 1 N–H and O–H groups in total. The first kappa shape index (κ1) is 21.7. The second-order valence-corrected chi connectivity index (χ2v) is 7.63. The fourth-order valence-electron chi connectivity index (χ4n) is 3.67. The summed E-state index contributed by atoms with van der Waals surface area (Å²) in [6.45, 7) is 4.65. The summed E-state index contributed by atoms with van der Waals surface area (Å²) in [5, 5.41) is 5.19. The van der Waals surface area contributed by atoms with Crippen LogP contribution in [0.15, 0.2) is 60.3 Å². The number of hydrogen-bond acceptors (Lipinski definition) is 4. The summed E-state index contributed by atoms with van der Waals surface area (Å²) in [5.74, 6) is 0.527. The van der Waals surface area contributed by atoms with Crippen LogP contribution < -0.4 is 14.8 Å². The number of amides is 3. The highest BCUT2D eigenvalue weighted by Gasteiger charge is 2.32. The number of imide groups is 1. The highest BCUT2D eigenvalue weighted by Crippen LogP contribution is 2.38. The van der Waals surface area contributed by atoms with E-state index in [2.05, 4.69) is 23.5 Å². The van der Waals surface area contributed by atoms with Crippen molar-refractivity contribution in [1.82, 2.24) is 10.2 Å². The molecule has 0 radical (unpaired) electrons. The van der Waals surface area contributed by atoms with Crippen molar-refractivity contribution in [2.45, 2.75) is 20.5 Å². The van der Waals surface area contributed by atoms with Crippen LogP contribution in [0.4, 0.5) is 4.79 Å². The normalized spacial score (nSPS) is 14.8. The van der Waals surface area contributed by atoms with Crippen LogP contribution in [0.25, 0.3) is 16.8 Å². The number of nitrogens with one attached hydrogen (secondary N) is 1. The molecule has 0 aromatic heterocycles. The lowest BCUT2D eigenvalue weighted by Crippen LogP contribution is -2.30. The molecule has 3 aromatic rings. The monoisotopic (exact) mass is 450 g/mol. The summed E-state index contributed by atoms with van der Waals surface area (Å²) < 4.78 is 11.9. The van der Waals surface area contributed by atoms with Crippen LogP contribution in [0.5, 0.6) is 11.5 Å². The van der Waals surface area contributed by atoms with Crippen LogP contribution in [0.3, 0.4) is 0 Å². The first-order chi connectivity index (χ1) is 15.5. The molecule has 1 aliphatic rings. The Bertz CT molecular complexity index is 1220. The summed E-state index contributed by atoms with van der Waals surface area (Å²) in [5.41, 5.74) is 1.85. The van der Waals surface area contributed by atoms with E-state index in [0.717, 1.165) is 21.2 Å². The Morgan fingerprint density at radius 1 is 1.03 bits per heavy atom. The number of carbonyl (C=O) groups is 2. The zero-order valence-corrected chi connectivity index (χ0v) is 18.6. The smallest absolute Gasteiger partial charge is 0.328 e. The van der Waals surface area contributed by atoms with Crippen molar-refractivity contribution in [3.8, 4) is 11.5 Å². The van der Waals surface area contributed by atoms with Crippen LogP contribution in [-0.4, -0.2) is 30.0 Å². The topological polar surface area (TPSA) is 67.9 Å². The highest BCUT2D eigenvalue weighted by molar-refractivity contribution is 6.32. The Hall–Kier alpha value is -3.51. The number of hydrogen-bond donors (Lipinski definition) is 1. The van der Waals surface area contributed by atoms with Gasteiger partial charge in [0.05, 0.1) is 11.6 Å². The molecule has 0 aliphatic carbocycles. The quantitative estimate of drug-likeness (QED) is 0.387. The van der Waals surface area contributed by atoms with Gasteiger partial charge in [0.2, 0.25) is 0 Å². The maximum atomic E-state index is 12.4. The van der Waals surface area contributed by atoms with Gasteiger partial charge in [0.25, 0.3) is 5.91 Å². The molecule has 0 saturated carbocycles. The number of ether oxygens (including phenoxy) is 2. The Morgan fingerprint density at radius 2 is 1.81 bits per heavy atom. The van der Waals surface area contributed by atoms with Crippen LogP contribution >= 0.6 is 11.6 Å². The van der Waals surface area contributed by atoms with Gasteiger partial charge in [-0.3, -0.25) is 9.69 Å². The number of nitrogens with zero attached hydrogens (tertiary/aromatic N) is 1. The first-order valence-electron chi connectivity index (χ1n) is 10.4. The lowest BCUT2D eigenvalue weighted by molar-refractivity contribution is -0.122. The first-order valence-corrected chi connectivity index (χ1v) is 10.8. The highest BCUT2D eigenvalue weighted by atomic mass is 35.5. The van der Waals surface area contributed by atoms with Gasteiger partial charge in [-0.25, -0.2) is 4.79 Å². The second kappa shape index (κ2) is 9.32. The minimum absolute atomic E-state index is 0.194. The van der Waals surface area contributed by atoms with Gasteiger partial charge in [-0.2, -0.15) is 0 Å². The molecule has 7 heteroatoms. The summed E-state index contributed by atoms with van der Waals surface area (Å²) in [6.07, 6.45) is 1.58. The summed E-state index contributed by atoms with van der Waals surface area (Å²) in [4.78, 5) is 25.4. The van der Waals surface area contributed by atoms with Gasteiger partial charge >= 0.3 is 6.03 Å². The Kier molecular flexibility index (Phi) is 6.32. The van der Waals surface area contributed by atoms with Crippen LogP contribution in [-0.2, 0) is 11.4 Å². The molecule has 4 rings (SSSR count). The molecule has 3 amide bonds. The maximum Gasteiger partial charge on any atom is 0.328 e. The van der Waals surface area contributed by atoms with E-state index in [9.17, 15) is 9.59 Å². The van der Waals surface area contributed by atoms with Crippen LogP contribution in [0.1, 0.15) is 25.0 Å². The van der Waals surface area contributed by atoms with Crippen molar-refractivity contribution in [3.05, 3.63) is 76.4 Å². The fourth-order valence-corrected chi connectivity index (χ4v) is 3.94. The van der Waals surface area contributed by atoms with Crippen molar-refractivity contribution in [2.75, 3.05) is 13.2 Å². The van der Waals surface area contributed by atoms with Crippen LogP contribution in [0.2, 0.25) is 5.02 Å². The zero-order valence-electron chi connectivity index (χ0n) is 17.9. The van der Waals surface area contributed by atoms with Crippen molar-refractivity contribution in [3.63, 3.8) is 0 Å². The largest absolute Gasteiger partial charge is 0.490 e. The van der Waals surface area contributed by atoms with E-state index in [0.29, 0.717) is 41.8 Å². The molecule has 0 atom stereocenters. The predicted molar refractivity (Wildman–Crippen MR) is 125 cm³/mol. The van der Waals surface area contributed by atoms with Crippen molar-refractivity contribution in [1.29, 1.82) is 0 Å². The third kappa shape index (κ3) is 4.27. The molecule has 1 aliphatic heterocycles. The van der Waals surface area contributed by atoms with E-state index in [4.69, 9.17) is 21.1 Å². The molecule has 0 spiro atoms. The number of likely N-dealkylation sites (N-methyl/N-ethyl adjacent to an activating group) is 1. The summed E-state index contributed by atoms with van der Waals surface area (Å²) in [6, 6.07) is 17.2. The zero-order chi connectivity index (χ0) is 22.7. The molecule has 6 nitrogen and oxygen atoms in total. The molecule has 0 bridgehead atoms. The molecule has 1 heterocycles. The van der Waals surface area contributed by atoms with E-state index in [1.54, 1.807) is 25.1 Å². The molecule has 1 saturated heterocycles. The summed E-state index contributed by atoms with van der Waals surface area (Å²) in [7, 11) is 0. The van der Waals surface area contributed by atoms with E-state index in [1.165, 1.54) is 0 Å². The van der Waals surface area contributed by atoms with Gasteiger partial charge in [0.1, 0.15) is 12.3 Å². The average Bonchev–Trinajstić information content (AvgIpc) is 3.05. The van der Waals surface area contributed by atoms with Crippen LogP contribution in [0, 0.1) is 0 Å². The van der Waals surface area contributed by atoms with Gasteiger partial charge in [0, 0.05) is 6.54 Å². The predicted octanol–water partition coefficient (Wildman–Crippen LogP) is 5.38. The number of rotatable bonds is 7. The molecule has 1 fully saturated rings. The van der Waals surface area contributed by atoms with Gasteiger partial charge in [-0.1, -0.05) is 54.1 Å². The SMILES string of the molecule is CCOc1cc(/C=C2/NC(=O)N(CC)C2=O)cc(Cl)c1OCc1cccc2ccccc12. The Labute approximate surface area is 191 Å². The molecule has 0 unspecified atom stereocenters. The van der Waals surface area contributed by atoms with E-state index in [1.807, 2.05) is 31.2 Å². The third-order valence-corrected chi connectivity index (χ3v) is 5.45. The number of halogens is 1. The van der Waals surface area contributed by atoms with Crippen molar-refractivity contribution >= 4 is 40.4 Å². The van der Waals surface area contributed by atoms with Gasteiger partial charge in [-0.05, 0) is 54.0 Å². The number of benzene rings is 3. The molecular weight excluding hydrogens is 428 g/mol. The molecule has 164 valence electrons. The third-order valence-electron chi connectivity index (χ3n) is 5.17. The lowest BCUT2D eigenvalue weighted by atomic mass is 10.1. The maximum absolute atomic E-state index is 12.4. The number of carbonyl (C=O) groups excluding carboxylic acids is 2. The Balaban J connectivity index is 1.63. The van der Waals surface area contributed by atoms with Crippen molar-refractivity contribution in [2.24, 2.45) is 0 Å². The molecular formula is C25H23ClN2O4.